The highest BCUT2D eigenvalue weighted by atomic mass is 35.5. The Morgan fingerprint density at radius 2 is 2.06 bits per heavy atom. The fourth-order valence-electron chi connectivity index (χ4n) is 1.79. The molecule has 0 aliphatic carbocycles. The maximum atomic E-state index is 6.35. The Kier molecular flexibility index (Phi) is 3.35. The van der Waals surface area contributed by atoms with Crippen molar-refractivity contribution in [3.63, 3.8) is 0 Å². The molecule has 0 spiro atoms. The molecule has 0 N–H and O–H groups in total. The van der Waals surface area contributed by atoms with Crippen LogP contribution in [-0.2, 0) is 6.42 Å². The summed E-state index contributed by atoms with van der Waals surface area (Å²) in [5.74, 6) is 0.907. The average Bonchev–Trinajstić information content (AvgIpc) is 2.65. The van der Waals surface area contributed by atoms with Gasteiger partial charge in [0.05, 0.1) is 11.6 Å². The molecule has 1 atom stereocenters. The predicted octanol–water partition coefficient (Wildman–Crippen LogP) is 4.42. The predicted molar refractivity (Wildman–Crippen MR) is 66.9 cm³/mol. The molecule has 1 unspecified atom stereocenters. The molecule has 1 aromatic carbocycles. The first-order chi connectivity index (χ1) is 7.65. The van der Waals surface area contributed by atoms with Gasteiger partial charge in [0, 0.05) is 5.56 Å². The van der Waals surface area contributed by atoms with Gasteiger partial charge in [-0.25, -0.2) is 0 Å². The highest BCUT2D eigenvalue weighted by molar-refractivity contribution is 6.20. The summed E-state index contributed by atoms with van der Waals surface area (Å²) in [5, 5.41) is -0.0146. The first kappa shape index (κ1) is 11.3. The van der Waals surface area contributed by atoms with E-state index in [2.05, 4.69) is 31.2 Å². The van der Waals surface area contributed by atoms with Crippen LogP contribution >= 0.6 is 11.6 Å². The van der Waals surface area contributed by atoms with Crippen LogP contribution in [0, 0.1) is 13.8 Å². The maximum absolute atomic E-state index is 6.35. The Balaban J connectivity index is 2.10. The second kappa shape index (κ2) is 4.75. The topological polar surface area (TPSA) is 13.1 Å². The van der Waals surface area contributed by atoms with Crippen molar-refractivity contribution in [2.24, 2.45) is 0 Å². The zero-order chi connectivity index (χ0) is 11.5. The smallest absolute Gasteiger partial charge is 0.101 e. The van der Waals surface area contributed by atoms with Crippen LogP contribution in [0.5, 0.6) is 0 Å². The van der Waals surface area contributed by atoms with Gasteiger partial charge < -0.3 is 4.42 Å². The lowest BCUT2D eigenvalue weighted by Crippen LogP contribution is -1.94. The van der Waals surface area contributed by atoms with Gasteiger partial charge >= 0.3 is 0 Å². The Morgan fingerprint density at radius 1 is 1.25 bits per heavy atom. The van der Waals surface area contributed by atoms with Crippen LogP contribution in [-0.4, -0.2) is 0 Å². The lowest BCUT2D eigenvalue weighted by molar-refractivity contribution is 0.531. The molecule has 0 amide bonds. The molecule has 1 nitrogen and oxygen atoms in total. The first-order valence-electron chi connectivity index (χ1n) is 5.40. The molecule has 84 valence electrons. The molecule has 0 saturated heterocycles. The van der Waals surface area contributed by atoms with Gasteiger partial charge in [-0.15, -0.1) is 11.6 Å². The summed E-state index contributed by atoms with van der Waals surface area (Å²) in [6.07, 6.45) is 2.57. The highest BCUT2D eigenvalue weighted by Crippen LogP contribution is 2.26. The normalized spacial score (nSPS) is 12.7. The molecule has 0 fully saturated rings. The van der Waals surface area contributed by atoms with Gasteiger partial charge in [0.15, 0.2) is 0 Å². The van der Waals surface area contributed by atoms with Crippen molar-refractivity contribution >= 4 is 11.6 Å². The lowest BCUT2D eigenvalue weighted by atomic mass is 10.0. The molecule has 16 heavy (non-hydrogen) atoms. The average molecular weight is 235 g/mol. The molecule has 0 radical (unpaired) electrons. The third kappa shape index (κ3) is 2.67. The molecule has 0 bridgehead atoms. The standard InChI is InChI=1S/C14H15ClO/c1-10-4-3-5-12(6-10)8-14(15)13-7-11(2)16-9-13/h3-7,9,14H,8H2,1-2H3. The Labute approximate surface area is 101 Å². The number of hydrogen-bond acceptors (Lipinski definition) is 1. The minimum atomic E-state index is -0.0146. The number of hydrogen-bond donors (Lipinski definition) is 0. The van der Waals surface area contributed by atoms with Crippen LogP contribution in [0.1, 0.15) is 27.8 Å². The highest BCUT2D eigenvalue weighted by Gasteiger charge is 2.11. The molecular formula is C14H15ClO. The van der Waals surface area contributed by atoms with Gasteiger partial charge in [0.1, 0.15) is 5.76 Å². The quantitative estimate of drug-likeness (QED) is 0.717. The zero-order valence-electron chi connectivity index (χ0n) is 9.53. The third-order valence-electron chi connectivity index (χ3n) is 2.61. The summed E-state index contributed by atoms with van der Waals surface area (Å²) < 4.78 is 5.26. The molecule has 1 heterocycles. The number of aryl methyl sites for hydroxylation is 2. The summed E-state index contributed by atoms with van der Waals surface area (Å²) >= 11 is 6.35. The van der Waals surface area contributed by atoms with Crippen molar-refractivity contribution < 1.29 is 4.42 Å². The zero-order valence-corrected chi connectivity index (χ0v) is 10.3. The summed E-state index contributed by atoms with van der Waals surface area (Å²) in [6.45, 7) is 4.02. The third-order valence-corrected chi connectivity index (χ3v) is 3.02. The fourth-order valence-corrected chi connectivity index (χ4v) is 2.08. The van der Waals surface area contributed by atoms with Crippen molar-refractivity contribution in [2.75, 3.05) is 0 Å². The number of halogens is 1. The van der Waals surface area contributed by atoms with Crippen LogP contribution in [0.2, 0.25) is 0 Å². The number of benzene rings is 1. The van der Waals surface area contributed by atoms with Crippen LogP contribution < -0.4 is 0 Å². The van der Waals surface area contributed by atoms with Crippen molar-refractivity contribution in [3.05, 3.63) is 59.0 Å². The second-order valence-corrected chi connectivity index (χ2v) is 4.68. The summed E-state index contributed by atoms with van der Waals surface area (Å²) in [6, 6.07) is 10.4. The van der Waals surface area contributed by atoms with E-state index in [0.29, 0.717) is 0 Å². The largest absolute Gasteiger partial charge is 0.469 e. The van der Waals surface area contributed by atoms with Crippen molar-refractivity contribution in [1.82, 2.24) is 0 Å². The van der Waals surface area contributed by atoms with E-state index in [4.69, 9.17) is 16.0 Å². The number of rotatable bonds is 3. The Hall–Kier alpha value is -1.21. The van der Waals surface area contributed by atoms with Crippen LogP contribution in [0.3, 0.4) is 0 Å². The van der Waals surface area contributed by atoms with E-state index < -0.39 is 0 Å². The number of alkyl halides is 1. The van der Waals surface area contributed by atoms with Crippen LogP contribution in [0.4, 0.5) is 0 Å². The van der Waals surface area contributed by atoms with Gasteiger partial charge in [0.25, 0.3) is 0 Å². The SMILES string of the molecule is Cc1cccc(CC(Cl)c2coc(C)c2)c1. The lowest BCUT2D eigenvalue weighted by Gasteiger charge is -2.07. The van der Waals surface area contributed by atoms with E-state index in [0.717, 1.165) is 17.7 Å². The second-order valence-electron chi connectivity index (χ2n) is 4.15. The van der Waals surface area contributed by atoms with E-state index >= 15 is 0 Å². The molecule has 2 aromatic rings. The molecule has 2 rings (SSSR count). The summed E-state index contributed by atoms with van der Waals surface area (Å²) in [5.41, 5.74) is 3.59. The van der Waals surface area contributed by atoms with E-state index in [1.807, 2.05) is 13.0 Å². The molecule has 0 aliphatic rings. The van der Waals surface area contributed by atoms with Gasteiger partial charge in [-0.2, -0.15) is 0 Å². The summed E-state index contributed by atoms with van der Waals surface area (Å²) in [7, 11) is 0. The fraction of sp³-hybridized carbons (Fsp3) is 0.286. The van der Waals surface area contributed by atoms with Gasteiger partial charge in [-0.05, 0) is 31.9 Å². The van der Waals surface area contributed by atoms with Gasteiger partial charge in [-0.1, -0.05) is 29.8 Å². The van der Waals surface area contributed by atoms with E-state index in [1.165, 1.54) is 11.1 Å². The molecule has 0 saturated carbocycles. The van der Waals surface area contributed by atoms with Crippen molar-refractivity contribution in [3.8, 4) is 0 Å². The van der Waals surface area contributed by atoms with Gasteiger partial charge in [0.2, 0.25) is 0 Å². The van der Waals surface area contributed by atoms with E-state index in [-0.39, 0.29) is 5.38 Å². The Bertz CT molecular complexity index is 473. The molecule has 2 heteroatoms. The Morgan fingerprint density at radius 3 is 2.69 bits per heavy atom. The first-order valence-corrected chi connectivity index (χ1v) is 5.83. The molecule has 1 aromatic heterocycles. The summed E-state index contributed by atoms with van der Waals surface area (Å²) in [4.78, 5) is 0. The van der Waals surface area contributed by atoms with Gasteiger partial charge in [-0.3, -0.25) is 0 Å². The van der Waals surface area contributed by atoms with E-state index in [9.17, 15) is 0 Å². The van der Waals surface area contributed by atoms with Crippen molar-refractivity contribution in [2.45, 2.75) is 25.6 Å². The minimum Gasteiger partial charge on any atom is -0.469 e. The molecular weight excluding hydrogens is 220 g/mol. The van der Waals surface area contributed by atoms with E-state index in [1.54, 1.807) is 6.26 Å². The number of furan rings is 1. The molecule has 0 aliphatic heterocycles. The van der Waals surface area contributed by atoms with Crippen LogP contribution in [0.15, 0.2) is 41.0 Å². The monoisotopic (exact) mass is 234 g/mol. The van der Waals surface area contributed by atoms with Crippen molar-refractivity contribution in [1.29, 1.82) is 0 Å². The maximum Gasteiger partial charge on any atom is 0.101 e. The van der Waals surface area contributed by atoms with Crippen LogP contribution in [0.25, 0.3) is 0 Å². The minimum absolute atomic E-state index is 0.0146.